The first-order valence-corrected chi connectivity index (χ1v) is 53.0. The van der Waals surface area contributed by atoms with Crippen LogP contribution >= 0.6 is 0 Å². The van der Waals surface area contributed by atoms with Gasteiger partial charge in [0.1, 0.15) is 0 Å². The maximum atomic E-state index is 2.50. The summed E-state index contributed by atoms with van der Waals surface area (Å²) in [7, 11) is 0. The molecule has 0 saturated carbocycles. The van der Waals surface area contributed by atoms with E-state index in [-0.39, 0.29) is 32.5 Å². The van der Waals surface area contributed by atoms with Crippen molar-refractivity contribution in [3.63, 3.8) is 0 Å². The van der Waals surface area contributed by atoms with Crippen molar-refractivity contribution >= 4 is 0 Å². The monoisotopic (exact) mass is 1750 g/mol. The lowest BCUT2D eigenvalue weighted by atomic mass is 9.70. The number of aryl methyl sites for hydroxylation is 12. The van der Waals surface area contributed by atoms with E-state index in [9.17, 15) is 0 Å². The molecule has 132 heavy (non-hydrogen) atoms. The number of unbranched alkanes of at least 4 members (excludes halogenated alkanes) is 12. The Hall–Kier alpha value is -9.36. The van der Waals surface area contributed by atoms with Crippen LogP contribution in [0.4, 0.5) is 0 Å². The topological polar surface area (TPSA) is 0 Å². The van der Waals surface area contributed by atoms with Crippen molar-refractivity contribution in [3.8, 4) is 66.8 Å². The highest BCUT2D eigenvalue weighted by Crippen LogP contribution is 2.61. The van der Waals surface area contributed by atoms with Crippen LogP contribution in [0.25, 0.3) is 66.8 Å². The number of hydrogen-bond acceptors (Lipinski definition) is 0. The molecule has 696 valence electrons. The summed E-state index contributed by atoms with van der Waals surface area (Å²) in [5, 5.41) is 0. The molecule has 6 aliphatic carbocycles. The van der Waals surface area contributed by atoms with Crippen LogP contribution in [-0.2, 0) is 32.5 Å². The van der Waals surface area contributed by atoms with E-state index in [1.807, 2.05) is 0 Å². The van der Waals surface area contributed by atoms with Crippen LogP contribution in [0.1, 0.15) is 409 Å². The van der Waals surface area contributed by atoms with Crippen LogP contribution in [0.5, 0.6) is 0 Å². The molecule has 0 aromatic heterocycles. The molecular weight excluding hydrogens is 1590 g/mol. The summed E-state index contributed by atoms with van der Waals surface area (Å²) in [6, 6.07) is 84.5. The van der Waals surface area contributed by atoms with Gasteiger partial charge < -0.3 is 0 Å². The Morgan fingerprint density at radius 1 is 0.144 bits per heavy atom. The summed E-state index contributed by atoms with van der Waals surface area (Å²) in [5.74, 6) is 0. The third kappa shape index (κ3) is 20.2. The van der Waals surface area contributed by atoms with E-state index >= 15 is 0 Å². The average Bonchev–Trinajstić information content (AvgIpc) is 1.56. The molecule has 0 fully saturated rings. The van der Waals surface area contributed by atoms with Crippen LogP contribution in [0, 0.1) is 83.1 Å². The SMILES string of the molecule is CCC1(CC)c2cc(C)ccc2-c2ccc(C)cc21.CCCC1(CCC)c2cc(C)ccc2-c2ccc(C)cc21.CCCCC1(CCCC)c2cc(C)ccc2-c2ccc(C)cc21.CCCCCC1(CCCCC)c2cc(C)ccc2-c2ccc(C)cc21.CCCCCCC1(CCCCCC)c2cc(C)ccc2-c2ccc(C)cc21.Cc1ccc2c(c1)C(C)(C)c1cc(C)ccc1-2. The smallest absolute Gasteiger partial charge is 0.0215 e. The molecule has 0 atom stereocenters. The average molecular weight is 1750 g/mol. The minimum atomic E-state index is 0.142. The van der Waals surface area contributed by atoms with E-state index < -0.39 is 0 Å². The van der Waals surface area contributed by atoms with Crippen LogP contribution in [-0.4, -0.2) is 0 Å². The highest BCUT2D eigenvalue weighted by molar-refractivity contribution is 5.87. The summed E-state index contributed by atoms with van der Waals surface area (Å²) < 4.78 is 0. The molecule has 0 nitrogen and oxygen atoms in total. The minimum Gasteiger partial charge on any atom is -0.0654 e. The Labute approximate surface area is 804 Å². The van der Waals surface area contributed by atoms with Gasteiger partial charge in [0.15, 0.2) is 0 Å². The maximum Gasteiger partial charge on any atom is 0.0215 e. The van der Waals surface area contributed by atoms with E-state index in [0.29, 0.717) is 0 Å². The molecule has 12 aromatic rings. The highest BCUT2D eigenvalue weighted by atomic mass is 14.5. The van der Waals surface area contributed by atoms with Gasteiger partial charge in [0.25, 0.3) is 0 Å². The van der Waals surface area contributed by atoms with Gasteiger partial charge >= 0.3 is 0 Å². The summed E-state index contributed by atoms with van der Waals surface area (Å²) in [5.41, 5.74) is 54.4. The molecule has 0 aliphatic heterocycles. The predicted molar refractivity (Wildman–Crippen MR) is 579 cm³/mol. The molecular formula is C132H168. The Kier molecular flexibility index (Phi) is 33.3. The second-order valence-corrected chi connectivity index (χ2v) is 42.6. The van der Waals surface area contributed by atoms with Crippen molar-refractivity contribution in [2.75, 3.05) is 0 Å². The van der Waals surface area contributed by atoms with E-state index in [0.717, 1.165) is 0 Å². The van der Waals surface area contributed by atoms with E-state index in [2.05, 4.69) is 385 Å². The first-order chi connectivity index (χ1) is 63.6. The van der Waals surface area contributed by atoms with Gasteiger partial charge in [-0.1, -0.05) is 497 Å². The van der Waals surface area contributed by atoms with Crippen molar-refractivity contribution in [2.45, 2.75) is 391 Å². The van der Waals surface area contributed by atoms with Gasteiger partial charge in [-0.15, -0.1) is 0 Å². The molecule has 0 saturated heterocycles. The summed E-state index contributed by atoms with van der Waals surface area (Å²) >= 11 is 0. The second kappa shape index (κ2) is 44.0. The fraction of sp³-hybridized carbons (Fsp3) is 0.455. The molecule has 0 heteroatoms. The fourth-order valence-electron chi connectivity index (χ4n) is 25.1. The third-order valence-corrected chi connectivity index (χ3v) is 32.1. The van der Waals surface area contributed by atoms with E-state index in [4.69, 9.17) is 0 Å². The molecule has 0 radical (unpaired) electrons. The van der Waals surface area contributed by atoms with Crippen molar-refractivity contribution in [3.05, 3.63) is 352 Å². The van der Waals surface area contributed by atoms with Gasteiger partial charge in [-0.25, -0.2) is 0 Å². The second-order valence-electron chi connectivity index (χ2n) is 42.6. The molecule has 12 aromatic carbocycles. The zero-order valence-corrected chi connectivity index (χ0v) is 87.0. The Balaban J connectivity index is 0.000000135. The molecule has 18 rings (SSSR count). The number of rotatable bonds is 30. The molecule has 0 amide bonds. The maximum absolute atomic E-state index is 2.50. The summed E-state index contributed by atoms with van der Waals surface area (Å²) in [6.45, 7) is 54.5. The molecule has 0 unspecified atom stereocenters. The van der Waals surface area contributed by atoms with E-state index in [1.165, 1.54) is 348 Å². The lowest BCUT2D eigenvalue weighted by Crippen LogP contribution is -2.25. The van der Waals surface area contributed by atoms with Gasteiger partial charge in [-0.3, -0.25) is 0 Å². The first-order valence-electron chi connectivity index (χ1n) is 53.0. The standard InChI is InChI=1S/C27H38.C25H34.C23H30.C21H26.C19H22.C17H18/c1-5-7-9-11-17-27(18-12-10-8-6-2)25-19-21(3)13-15-23(25)24-16-14-22(4)20-26(24)27;1-5-7-9-15-25(16-10-8-6-2)23-17-19(3)11-13-21(23)22-14-12-20(4)18-24(22)25;1-5-7-13-23(14-8-6-2)21-15-17(3)9-11-19(21)20-12-10-18(4)16-22(20)23;1-5-11-21(12-6-2)19-13-15(3)7-9-17(19)18-10-8-16(4)14-20(18)21;1-5-19(6-2)17-11-13(3)7-9-15(17)16-10-8-14(4)12-18(16)19;1-11-5-7-13-14-8-6-12(2)10-16(14)17(3,4)15(13)9-11/h13-16,19-20H,5-12,17-18H2,1-4H3;11-14,17-18H,5-10,15-16H2,1-4H3;9-12,15-16H,5-8,13-14H2,1-4H3;7-10,13-14H,5-6,11-12H2,1-4H3;7-12H,5-6H2,1-4H3;5-10H,1-4H3. The number of hydrogen-bond donors (Lipinski definition) is 0. The minimum absolute atomic E-state index is 0.142. The predicted octanol–water partition coefficient (Wildman–Crippen LogP) is 39.4. The van der Waals surface area contributed by atoms with Crippen molar-refractivity contribution in [1.29, 1.82) is 0 Å². The fourth-order valence-corrected chi connectivity index (χ4v) is 25.1. The zero-order chi connectivity index (χ0) is 94.5. The van der Waals surface area contributed by atoms with Gasteiger partial charge in [-0.05, 0) is 281 Å². The number of fused-ring (bicyclic) bond motifs is 18. The largest absolute Gasteiger partial charge is 0.0654 e. The molecule has 0 N–H and O–H groups in total. The Bertz CT molecular complexity index is 5580. The first kappa shape index (κ1) is 100. The van der Waals surface area contributed by atoms with Crippen molar-refractivity contribution < 1.29 is 0 Å². The Morgan fingerprint density at radius 2 is 0.288 bits per heavy atom. The van der Waals surface area contributed by atoms with Crippen LogP contribution in [0.3, 0.4) is 0 Å². The number of benzene rings is 12. The van der Waals surface area contributed by atoms with E-state index in [1.54, 1.807) is 44.5 Å². The normalized spacial score (nSPS) is 14.7. The van der Waals surface area contributed by atoms with Gasteiger partial charge in [0.05, 0.1) is 0 Å². The molecule has 0 spiro atoms. The Morgan fingerprint density at radius 3 is 0.462 bits per heavy atom. The summed E-state index contributed by atoms with van der Waals surface area (Å²) in [6.07, 6.45) is 39.1. The van der Waals surface area contributed by atoms with Gasteiger partial charge in [-0.2, -0.15) is 0 Å². The van der Waals surface area contributed by atoms with Crippen LogP contribution < -0.4 is 0 Å². The quantitative estimate of drug-likeness (QED) is 0.0394. The summed E-state index contributed by atoms with van der Waals surface area (Å²) in [4.78, 5) is 0. The lowest BCUT2D eigenvalue weighted by molar-refractivity contribution is 0.400. The third-order valence-electron chi connectivity index (χ3n) is 32.1. The highest BCUT2D eigenvalue weighted by Gasteiger charge is 2.48. The molecule has 6 aliphatic rings. The van der Waals surface area contributed by atoms with Crippen LogP contribution in [0.15, 0.2) is 218 Å². The van der Waals surface area contributed by atoms with Crippen molar-refractivity contribution in [1.82, 2.24) is 0 Å². The lowest BCUT2D eigenvalue weighted by Gasteiger charge is -2.33. The van der Waals surface area contributed by atoms with Crippen LogP contribution in [0.2, 0.25) is 0 Å². The molecule has 0 heterocycles. The van der Waals surface area contributed by atoms with Gasteiger partial charge in [0.2, 0.25) is 0 Å². The molecule has 0 bridgehead atoms. The van der Waals surface area contributed by atoms with Gasteiger partial charge in [0, 0.05) is 32.5 Å². The zero-order valence-electron chi connectivity index (χ0n) is 87.0. The van der Waals surface area contributed by atoms with Crippen molar-refractivity contribution in [2.24, 2.45) is 0 Å².